The van der Waals surface area contributed by atoms with E-state index in [1.165, 1.54) is 4.31 Å². The van der Waals surface area contributed by atoms with Gasteiger partial charge in [0, 0.05) is 29.7 Å². The number of nitrogens with one attached hydrogen (secondary N) is 1. The summed E-state index contributed by atoms with van der Waals surface area (Å²) in [5.41, 5.74) is 3.32. The number of hydrogen-bond acceptors (Lipinski definition) is 3. The normalized spacial score (nSPS) is 16.1. The number of carbonyl (C=O) groups is 1. The van der Waals surface area contributed by atoms with Crippen molar-refractivity contribution in [3.05, 3.63) is 64.2 Å². The van der Waals surface area contributed by atoms with E-state index in [1.807, 2.05) is 44.2 Å². The van der Waals surface area contributed by atoms with Crippen LogP contribution in [0.3, 0.4) is 0 Å². The first-order valence-electron chi connectivity index (χ1n) is 9.36. The molecule has 0 aromatic heterocycles. The Morgan fingerprint density at radius 2 is 1.79 bits per heavy atom. The lowest BCUT2D eigenvalue weighted by atomic mass is 9.97. The lowest BCUT2D eigenvalue weighted by Crippen LogP contribution is -2.42. The Kier molecular flexibility index (Phi) is 6.43. The van der Waals surface area contributed by atoms with Gasteiger partial charge in [0.05, 0.1) is 5.75 Å². The first-order chi connectivity index (χ1) is 13.3. The van der Waals surface area contributed by atoms with E-state index >= 15 is 0 Å². The van der Waals surface area contributed by atoms with Gasteiger partial charge in [-0.2, -0.15) is 0 Å². The predicted octanol–water partition coefficient (Wildman–Crippen LogP) is 4.14. The Morgan fingerprint density at radius 1 is 1.11 bits per heavy atom. The van der Waals surface area contributed by atoms with E-state index in [9.17, 15) is 13.2 Å². The fourth-order valence-corrected chi connectivity index (χ4v) is 5.27. The van der Waals surface area contributed by atoms with Crippen LogP contribution in [0.2, 0.25) is 5.02 Å². The smallest absolute Gasteiger partial charge is 0.227 e. The monoisotopic (exact) mass is 420 g/mol. The molecule has 2 aromatic carbocycles. The number of sulfonamides is 1. The van der Waals surface area contributed by atoms with Crippen LogP contribution in [0.4, 0.5) is 5.69 Å². The van der Waals surface area contributed by atoms with Gasteiger partial charge in [0.2, 0.25) is 15.9 Å². The highest BCUT2D eigenvalue weighted by molar-refractivity contribution is 7.88. The Hall–Kier alpha value is -1.89. The van der Waals surface area contributed by atoms with E-state index in [4.69, 9.17) is 11.6 Å². The highest BCUT2D eigenvalue weighted by Gasteiger charge is 2.31. The molecule has 1 N–H and O–H groups in total. The SMILES string of the molecule is Cc1ccccc1CS(=O)(=O)N1CCC(C(=O)Nc2cccc(Cl)c2C)CC1. The lowest BCUT2D eigenvalue weighted by Gasteiger charge is -2.30. The van der Waals surface area contributed by atoms with Crippen LogP contribution in [0, 0.1) is 19.8 Å². The second-order valence-corrected chi connectivity index (χ2v) is 9.63. The molecule has 1 aliphatic rings. The quantitative estimate of drug-likeness (QED) is 0.790. The summed E-state index contributed by atoms with van der Waals surface area (Å²) in [5, 5.41) is 3.54. The van der Waals surface area contributed by atoms with Crippen molar-refractivity contribution in [2.75, 3.05) is 18.4 Å². The second-order valence-electron chi connectivity index (χ2n) is 7.26. The van der Waals surface area contributed by atoms with Crippen molar-refractivity contribution < 1.29 is 13.2 Å². The summed E-state index contributed by atoms with van der Waals surface area (Å²) in [7, 11) is -3.40. The zero-order valence-corrected chi connectivity index (χ0v) is 17.7. The Morgan fingerprint density at radius 3 is 2.46 bits per heavy atom. The Bertz CT molecular complexity index is 967. The second kappa shape index (κ2) is 8.64. The number of hydrogen-bond donors (Lipinski definition) is 1. The van der Waals surface area contributed by atoms with Crippen molar-refractivity contribution in [1.29, 1.82) is 0 Å². The average Bonchev–Trinajstić information content (AvgIpc) is 2.67. The molecule has 150 valence electrons. The largest absolute Gasteiger partial charge is 0.326 e. The van der Waals surface area contributed by atoms with Crippen LogP contribution in [0.15, 0.2) is 42.5 Å². The molecule has 5 nitrogen and oxygen atoms in total. The van der Waals surface area contributed by atoms with Crippen molar-refractivity contribution in [3.8, 4) is 0 Å². The molecule has 0 spiro atoms. The molecule has 1 amide bonds. The van der Waals surface area contributed by atoms with Gasteiger partial charge in [-0.25, -0.2) is 12.7 Å². The number of benzene rings is 2. The number of aryl methyl sites for hydroxylation is 1. The van der Waals surface area contributed by atoms with E-state index in [0.717, 1.165) is 16.7 Å². The molecule has 1 aliphatic heterocycles. The predicted molar refractivity (Wildman–Crippen MR) is 113 cm³/mol. The third-order valence-electron chi connectivity index (χ3n) is 5.34. The maximum atomic E-state index is 12.8. The molecule has 1 fully saturated rings. The van der Waals surface area contributed by atoms with Crippen LogP contribution in [0.5, 0.6) is 0 Å². The van der Waals surface area contributed by atoms with Crippen molar-refractivity contribution >= 4 is 33.2 Å². The molecule has 3 rings (SSSR count). The van der Waals surface area contributed by atoms with Crippen molar-refractivity contribution in [1.82, 2.24) is 4.31 Å². The van der Waals surface area contributed by atoms with Crippen LogP contribution in [-0.4, -0.2) is 31.7 Å². The maximum absolute atomic E-state index is 12.8. The first kappa shape index (κ1) is 20.8. The minimum Gasteiger partial charge on any atom is -0.326 e. The maximum Gasteiger partial charge on any atom is 0.227 e. The van der Waals surface area contributed by atoms with Gasteiger partial charge < -0.3 is 5.32 Å². The number of nitrogens with zero attached hydrogens (tertiary/aromatic N) is 1. The van der Waals surface area contributed by atoms with Gasteiger partial charge in [-0.3, -0.25) is 4.79 Å². The number of piperidine rings is 1. The van der Waals surface area contributed by atoms with Crippen LogP contribution in [0.25, 0.3) is 0 Å². The summed E-state index contributed by atoms with van der Waals surface area (Å²) in [4.78, 5) is 12.6. The summed E-state index contributed by atoms with van der Waals surface area (Å²) in [6, 6.07) is 12.9. The van der Waals surface area contributed by atoms with E-state index in [2.05, 4.69) is 5.32 Å². The lowest BCUT2D eigenvalue weighted by molar-refractivity contribution is -0.120. The van der Waals surface area contributed by atoms with Crippen molar-refractivity contribution in [2.24, 2.45) is 5.92 Å². The van der Waals surface area contributed by atoms with Crippen LogP contribution >= 0.6 is 11.6 Å². The van der Waals surface area contributed by atoms with Crippen molar-refractivity contribution in [2.45, 2.75) is 32.4 Å². The third kappa shape index (κ3) is 4.74. The van der Waals surface area contributed by atoms with Gasteiger partial charge in [0.15, 0.2) is 0 Å². The van der Waals surface area contributed by atoms with Crippen LogP contribution in [-0.2, 0) is 20.6 Å². The van der Waals surface area contributed by atoms with Gasteiger partial charge >= 0.3 is 0 Å². The summed E-state index contributed by atoms with van der Waals surface area (Å²) < 4.78 is 27.0. The summed E-state index contributed by atoms with van der Waals surface area (Å²) >= 11 is 6.11. The molecule has 0 atom stereocenters. The van der Waals surface area contributed by atoms with Gasteiger partial charge in [-0.15, -0.1) is 0 Å². The topological polar surface area (TPSA) is 66.5 Å². The number of anilines is 1. The van der Waals surface area contributed by atoms with E-state index < -0.39 is 10.0 Å². The fourth-order valence-electron chi connectivity index (χ4n) is 3.43. The van der Waals surface area contributed by atoms with Gasteiger partial charge in [0.25, 0.3) is 0 Å². The minimum atomic E-state index is -3.40. The number of rotatable bonds is 5. The molecule has 7 heteroatoms. The van der Waals surface area contributed by atoms with Crippen molar-refractivity contribution in [3.63, 3.8) is 0 Å². The molecule has 1 saturated heterocycles. The van der Waals surface area contributed by atoms with Crippen LogP contribution < -0.4 is 5.32 Å². The number of carbonyl (C=O) groups excluding carboxylic acids is 1. The van der Waals surface area contributed by atoms with E-state index in [-0.39, 0.29) is 17.6 Å². The molecular weight excluding hydrogens is 396 g/mol. The molecule has 28 heavy (non-hydrogen) atoms. The number of amides is 1. The average molecular weight is 421 g/mol. The molecule has 2 aromatic rings. The standard InChI is InChI=1S/C21H25ClN2O3S/c1-15-6-3-4-7-18(15)14-28(26,27)24-12-10-17(11-13-24)21(25)23-20-9-5-8-19(22)16(20)2/h3-9,17H,10-14H2,1-2H3,(H,23,25). The highest BCUT2D eigenvalue weighted by Crippen LogP contribution is 2.26. The molecule has 0 bridgehead atoms. The minimum absolute atomic E-state index is 0.00174. The third-order valence-corrected chi connectivity index (χ3v) is 7.58. The highest BCUT2D eigenvalue weighted by atomic mass is 35.5. The Labute approximate surface area is 171 Å². The molecule has 0 aliphatic carbocycles. The molecule has 0 radical (unpaired) electrons. The van der Waals surface area contributed by atoms with Gasteiger partial charge in [0.1, 0.15) is 0 Å². The van der Waals surface area contributed by atoms with E-state index in [0.29, 0.717) is 36.6 Å². The molecular formula is C21H25ClN2O3S. The zero-order chi connectivity index (χ0) is 20.3. The summed E-state index contributed by atoms with van der Waals surface area (Å²) in [5.74, 6) is -0.289. The molecule has 1 heterocycles. The van der Waals surface area contributed by atoms with Gasteiger partial charge in [-0.05, 0) is 55.5 Å². The first-order valence-corrected chi connectivity index (χ1v) is 11.3. The van der Waals surface area contributed by atoms with Gasteiger partial charge in [-0.1, -0.05) is 41.9 Å². The zero-order valence-electron chi connectivity index (χ0n) is 16.1. The fraction of sp³-hybridized carbons (Fsp3) is 0.381. The van der Waals surface area contributed by atoms with Crippen LogP contribution in [0.1, 0.15) is 29.5 Å². The Balaban J connectivity index is 1.60. The molecule has 0 unspecified atom stereocenters. The summed E-state index contributed by atoms with van der Waals surface area (Å²) in [6.45, 7) is 4.50. The number of halogens is 1. The van der Waals surface area contributed by atoms with E-state index in [1.54, 1.807) is 12.1 Å². The molecule has 0 saturated carbocycles. The summed E-state index contributed by atoms with van der Waals surface area (Å²) in [6.07, 6.45) is 1.02.